The number of halogens is 4. The number of amidine groups is 1. The van der Waals surface area contributed by atoms with Gasteiger partial charge in [-0.05, 0) is 38.0 Å². The van der Waals surface area contributed by atoms with E-state index in [9.17, 15) is 22.4 Å². The average Bonchev–Trinajstić information content (AvgIpc) is 3.49. The number of carbonyl (C=O) groups excluding carboxylic acids is 1. The molecule has 0 saturated heterocycles. The first-order valence-corrected chi connectivity index (χ1v) is 11.6. The SMILES string of the molecule is COC[C@]12C[C@H]1[C@@](C)(c1cc(CC(=O)c3cnc(OC(C)C(F)(F)F)cn3)ccc1F)N=C(N)S2. The highest BCUT2D eigenvalue weighted by Gasteiger charge is 2.66. The molecule has 2 aromatic rings. The molecule has 12 heteroatoms. The van der Waals surface area contributed by atoms with Crippen molar-refractivity contribution in [2.45, 2.75) is 49.3 Å². The number of alkyl halides is 3. The summed E-state index contributed by atoms with van der Waals surface area (Å²) in [4.78, 5) is 24.9. The fraction of sp³-hybridized carbons (Fsp3) is 0.478. The third-order valence-corrected chi connectivity index (χ3v) is 7.63. The maximum Gasteiger partial charge on any atom is 0.425 e. The quantitative estimate of drug-likeness (QED) is 0.421. The first kappa shape index (κ1) is 25.4. The Morgan fingerprint density at radius 2 is 2.06 bits per heavy atom. The number of thioether (sulfide) groups is 1. The average molecular weight is 513 g/mol. The van der Waals surface area contributed by atoms with Crippen molar-refractivity contribution < 1.29 is 31.8 Å². The molecular weight excluding hydrogens is 488 g/mol. The molecule has 35 heavy (non-hydrogen) atoms. The number of Topliss-reactive ketones (excluding diaryl/α,β-unsaturated/α-hetero) is 1. The van der Waals surface area contributed by atoms with Crippen LogP contribution in [0.4, 0.5) is 17.6 Å². The van der Waals surface area contributed by atoms with E-state index in [-0.39, 0.29) is 28.7 Å². The lowest BCUT2D eigenvalue weighted by molar-refractivity contribution is -0.190. The van der Waals surface area contributed by atoms with Crippen LogP contribution in [0.25, 0.3) is 0 Å². The van der Waals surface area contributed by atoms with Crippen LogP contribution < -0.4 is 10.5 Å². The van der Waals surface area contributed by atoms with E-state index >= 15 is 0 Å². The molecule has 2 N–H and O–H groups in total. The number of rotatable bonds is 8. The lowest BCUT2D eigenvalue weighted by atomic mass is 9.84. The topological polar surface area (TPSA) is 99.7 Å². The van der Waals surface area contributed by atoms with E-state index < -0.39 is 29.4 Å². The van der Waals surface area contributed by atoms with E-state index in [1.165, 1.54) is 23.9 Å². The van der Waals surface area contributed by atoms with Gasteiger partial charge in [-0.25, -0.2) is 14.4 Å². The Morgan fingerprint density at radius 1 is 1.31 bits per heavy atom. The van der Waals surface area contributed by atoms with Crippen LogP contribution in [0.15, 0.2) is 35.6 Å². The third-order valence-electron chi connectivity index (χ3n) is 6.36. The smallest absolute Gasteiger partial charge is 0.425 e. The molecule has 4 atom stereocenters. The minimum atomic E-state index is -4.55. The number of nitrogens with zero attached hydrogens (tertiary/aromatic N) is 3. The molecule has 1 aromatic heterocycles. The molecule has 4 rings (SSSR count). The summed E-state index contributed by atoms with van der Waals surface area (Å²) in [6, 6.07) is 4.39. The number of fused-ring (bicyclic) bond motifs is 1. The van der Waals surface area contributed by atoms with Gasteiger partial charge in [0.2, 0.25) is 5.88 Å². The monoisotopic (exact) mass is 512 g/mol. The number of aromatic nitrogens is 2. The number of hydrogen-bond donors (Lipinski definition) is 1. The maximum absolute atomic E-state index is 15.0. The highest BCUT2D eigenvalue weighted by Crippen LogP contribution is 2.65. The second-order valence-electron chi connectivity index (χ2n) is 8.91. The van der Waals surface area contributed by atoms with Crippen LogP contribution in [0.3, 0.4) is 0 Å². The number of benzene rings is 1. The summed E-state index contributed by atoms with van der Waals surface area (Å²) in [5, 5.41) is 0.358. The van der Waals surface area contributed by atoms with Crippen molar-refractivity contribution in [3.63, 3.8) is 0 Å². The second-order valence-corrected chi connectivity index (χ2v) is 10.3. The normalized spacial score (nSPS) is 26.5. The molecule has 2 aliphatic rings. The molecule has 188 valence electrons. The van der Waals surface area contributed by atoms with Crippen molar-refractivity contribution >= 4 is 22.7 Å². The van der Waals surface area contributed by atoms with Gasteiger partial charge in [-0.15, -0.1) is 0 Å². The molecular formula is C23H24F4N4O3S. The lowest BCUT2D eigenvalue weighted by Crippen LogP contribution is -2.37. The molecule has 0 bridgehead atoms. The molecule has 1 saturated carbocycles. The minimum Gasteiger partial charge on any atom is -0.464 e. The summed E-state index contributed by atoms with van der Waals surface area (Å²) in [6.07, 6.45) is -3.94. The zero-order valence-electron chi connectivity index (χ0n) is 19.2. The Kier molecular flexibility index (Phi) is 6.56. The molecule has 1 aromatic carbocycles. The predicted octanol–water partition coefficient (Wildman–Crippen LogP) is 4.05. The molecule has 1 aliphatic heterocycles. The van der Waals surface area contributed by atoms with Crippen molar-refractivity contribution in [1.82, 2.24) is 9.97 Å². The van der Waals surface area contributed by atoms with Crippen LogP contribution >= 0.6 is 11.8 Å². The lowest BCUT2D eigenvalue weighted by Gasteiger charge is -2.34. The van der Waals surface area contributed by atoms with Crippen LogP contribution in [-0.2, 0) is 16.7 Å². The van der Waals surface area contributed by atoms with Crippen molar-refractivity contribution in [1.29, 1.82) is 0 Å². The summed E-state index contributed by atoms with van der Waals surface area (Å²) in [7, 11) is 1.61. The minimum absolute atomic E-state index is 0.0187. The fourth-order valence-electron chi connectivity index (χ4n) is 4.44. The van der Waals surface area contributed by atoms with Gasteiger partial charge in [0.1, 0.15) is 11.5 Å². The summed E-state index contributed by atoms with van der Waals surface area (Å²) in [6.45, 7) is 3.14. The van der Waals surface area contributed by atoms with Crippen molar-refractivity contribution in [3.8, 4) is 5.88 Å². The zero-order chi connectivity index (χ0) is 25.6. The van der Waals surface area contributed by atoms with E-state index in [0.29, 0.717) is 22.9 Å². The van der Waals surface area contributed by atoms with Gasteiger partial charge in [0.05, 0.1) is 29.3 Å². The van der Waals surface area contributed by atoms with E-state index in [1.807, 2.05) is 6.92 Å². The molecule has 0 radical (unpaired) electrons. The zero-order valence-corrected chi connectivity index (χ0v) is 20.0. The van der Waals surface area contributed by atoms with Gasteiger partial charge in [-0.2, -0.15) is 13.2 Å². The number of ether oxygens (including phenoxy) is 2. The maximum atomic E-state index is 15.0. The van der Waals surface area contributed by atoms with Crippen molar-refractivity contribution in [2.75, 3.05) is 13.7 Å². The van der Waals surface area contributed by atoms with E-state index in [0.717, 1.165) is 25.7 Å². The molecule has 1 fully saturated rings. The van der Waals surface area contributed by atoms with Crippen LogP contribution in [0.2, 0.25) is 0 Å². The van der Waals surface area contributed by atoms with Crippen LogP contribution in [0.5, 0.6) is 5.88 Å². The molecule has 2 heterocycles. The molecule has 1 unspecified atom stereocenters. The number of methoxy groups -OCH3 is 1. The summed E-state index contributed by atoms with van der Waals surface area (Å²) < 4.78 is 62.7. The standard InChI is InChI=1S/C23H24F4N4O3S/c1-12(23(25,26)27)34-19-10-29-16(9-30-19)17(32)7-13-4-5-15(24)14(6-13)21(2)18-8-22(18,11-33-3)35-20(28)31-21/h4-6,9-10,12,18H,7-8,11H2,1-3H3,(H2,28,31)/t12?,18-,21+,22+/m0/s1. The number of aliphatic imine (C=N–C) groups is 1. The number of ketones is 1. The van der Waals surface area contributed by atoms with E-state index in [2.05, 4.69) is 15.0 Å². The van der Waals surface area contributed by atoms with E-state index in [1.54, 1.807) is 13.2 Å². The van der Waals surface area contributed by atoms with Gasteiger partial charge >= 0.3 is 6.18 Å². The summed E-state index contributed by atoms with van der Waals surface area (Å²) in [5.74, 6) is -1.22. The highest BCUT2D eigenvalue weighted by atomic mass is 32.2. The largest absolute Gasteiger partial charge is 0.464 e. The Balaban J connectivity index is 1.52. The molecule has 7 nitrogen and oxygen atoms in total. The second kappa shape index (κ2) is 9.05. The number of nitrogens with two attached hydrogens (primary N) is 1. The van der Waals surface area contributed by atoms with Crippen LogP contribution in [0, 0.1) is 11.7 Å². The highest BCUT2D eigenvalue weighted by molar-refractivity contribution is 8.15. The number of hydrogen-bond acceptors (Lipinski definition) is 8. The first-order valence-electron chi connectivity index (χ1n) is 10.8. The van der Waals surface area contributed by atoms with Crippen LogP contribution in [-0.4, -0.2) is 51.7 Å². The Bertz CT molecular complexity index is 1160. The van der Waals surface area contributed by atoms with Gasteiger partial charge in [-0.1, -0.05) is 17.8 Å². The summed E-state index contributed by atoms with van der Waals surface area (Å²) >= 11 is 1.45. The van der Waals surface area contributed by atoms with Gasteiger partial charge in [0.25, 0.3) is 0 Å². The van der Waals surface area contributed by atoms with Gasteiger partial charge in [0, 0.05) is 25.0 Å². The molecule has 1 aliphatic carbocycles. The van der Waals surface area contributed by atoms with Gasteiger partial charge in [-0.3, -0.25) is 9.79 Å². The number of carbonyl (C=O) groups is 1. The third kappa shape index (κ3) is 4.99. The molecule has 0 spiro atoms. The Morgan fingerprint density at radius 3 is 2.69 bits per heavy atom. The summed E-state index contributed by atoms with van der Waals surface area (Å²) in [5.41, 5.74) is 5.99. The van der Waals surface area contributed by atoms with Crippen molar-refractivity contribution in [2.24, 2.45) is 16.6 Å². The Hall–Kier alpha value is -2.73. The first-order chi connectivity index (χ1) is 16.4. The van der Waals surface area contributed by atoms with E-state index in [4.69, 9.17) is 15.2 Å². The van der Waals surface area contributed by atoms with Gasteiger partial charge < -0.3 is 15.2 Å². The van der Waals surface area contributed by atoms with Crippen molar-refractivity contribution in [3.05, 3.63) is 53.2 Å². The van der Waals surface area contributed by atoms with Crippen LogP contribution in [0.1, 0.15) is 41.9 Å². The predicted molar refractivity (Wildman–Crippen MR) is 122 cm³/mol. The van der Waals surface area contributed by atoms with Gasteiger partial charge in [0.15, 0.2) is 17.1 Å². The molecule has 0 amide bonds. The fourth-order valence-corrected chi connectivity index (χ4v) is 5.89. The Labute approximate surface area is 203 Å².